The molecule has 0 saturated heterocycles. The molecule has 0 aromatic heterocycles. The van der Waals surface area contributed by atoms with E-state index in [1.165, 1.54) is 24.3 Å². The Morgan fingerprint density at radius 3 is 2.54 bits per heavy atom. The largest absolute Gasteiger partial charge is 0.492 e. The molecule has 0 atom stereocenters. The number of non-ortho nitro benzene ring substituents is 1. The molecule has 0 aliphatic heterocycles. The highest BCUT2D eigenvalue weighted by Crippen LogP contribution is 2.33. The van der Waals surface area contributed by atoms with Gasteiger partial charge in [0.25, 0.3) is 15.7 Å². The van der Waals surface area contributed by atoms with E-state index in [0.29, 0.717) is 0 Å². The fourth-order valence-corrected chi connectivity index (χ4v) is 3.90. The average Bonchev–Trinajstić information content (AvgIpc) is 2.60. The molecule has 0 saturated carbocycles. The third kappa shape index (κ3) is 4.30. The lowest BCUT2D eigenvalue weighted by Gasteiger charge is -2.24. The molecular weight excluding hydrogens is 384 g/mol. The molecule has 0 spiro atoms. The van der Waals surface area contributed by atoms with E-state index >= 15 is 0 Å². The Morgan fingerprint density at radius 2 is 1.92 bits per heavy atom. The van der Waals surface area contributed by atoms with Crippen LogP contribution >= 0.6 is 11.6 Å². The van der Waals surface area contributed by atoms with Crippen LogP contribution in [0.2, 0.25) is 0 Å². The highest BCUT2D eigenvalue weighted by molar-refractivity contribution is 7.92. The SMILES string of the molecule is CCOc1ccccc1N(CC(=O)Cl)S(=O)(=O)c1cccc([N+](=O)[O-])c1. The molecular formula is C16H15ClN2O6S. The number of nitrogens with zero attached hydrogens (tertiary/aromatic N) is 2. The Balaban J connectivity index is 2.61. The summed E-state index contributed by atoms with van der Waals surface area (Å²) >= 11 is 5.43. The topological polar surface area (TPSA) is 107 Å². The van der Waals surface area contributed by atoms with Crippen molar-refractivity contribution in [1.29, 1.82) is 0 Å². The molecule has 0 aliphatic rings. The number of nitro groups is 1. The Kier molecular flexibility index (Phi) is 6.17. The highest BCUT2D eigenvalue weighted by Gasteiger charge is 2.30. The van der Waals surface area contributed by atoms with Gasteiger partial charge in [0.05, 0.1) is 22.1 Å². The van der Waals surface area contributed by atoms with Gasteiger partial charge in [-0.1, -0.05) is 18.2 Å². The van der Waals surface area contributed by atoms with Crippen LogP contribution in [0.4, 0.5) is 11.4 Å². The van der Waals surface area contributed by atoms with Gasteiger partial charge < -0.3 is 4.74 Å². The van der Waals surface area contributed by atoms with E-state index < -0.39 is 26.7 Å². The zero-order valence-electron chi connectivity index (χ0n) is 13.7. The molecule has 2 rings (SSSR count). The number of nitro benzene ring substituents is 1. The zero-order chi connectivity index (χ0) is 19.3. The zero-order valence-corrected chi connectivity index (χ0v) is 15.2. The fraction of sp³-hybridized carbons (Fsp3) is 0.188. The monoisotopic (exact) mass is 398 g/mol. The molecule has 0 heterocycles. The predicted molar refractivity (Wildman–Crippen MR) is 96.1 cm³/mol. The number of sulfonamides is 1. The molecule has 0 bridgehead atoms. The second kappa shape index (κ2) is 8.15. The van der Waals surface area contributed by atoms with Crippen molar-refractivity contribution in [2.45, 2.75) is 11.8 Å². The molecule has 2 aromatic rings. The van der Waals surface area contributed by atoms with Gasteiger partial charge in [0.2, 0.25) is 5.24 Å². The minimum atomic E-state index is -4.30. The second-order valence-corrected chi connectivity index (χ2v) is 7.31. The molecule has 10 heteroatoms. The summed E-state index contributed by atoms with van der Waals surface area (Å²) in [6, 6.07) is 10.8. The second-order valence-electron chi connectivity index (χ2n) is 5.02. The maximum absolute atomic E-state index is 13.0. The summed E-state index contributed by atoms with van der Waals surface area (Å²) in [5, 5.41) is 10.0. The normalized spacial score (nSPS) is 11.0. The van der Waals surface area contributed by atoms with Gasteiger partial charge in [-0.15, -0.1) is 0 Å². The van der Waals surface area contributed by atoms with Crippen molar-refractivity contribution in [3.63, 3.8) is 0 Å². The minimum absolute atomic E-state index is 0.106. The Morgan fingerprint density at radius 1 is 1.23 bits per heavy atom. The summed E-state index contributed by atoms with van der Waals surface area (Å²) < 4.78 is 32.3. The number of rotatable bonds is 8. The maximum Gasteiger partial charge on any atom is 0.270 e. The predicted octanol–water partition coefficient (Wildman–Crippen LogP) is 2.95. The highest BCUT2D eigenvalue weighted by atomic mass is 35.5. The molecule has 2 aromatic carbocycles. The van der Waals surface area contributed by atoms with Gasteiger partial charge in [-0.25, -0.2) is 8.42 Å². The van der Waals surface area contributed by atoms with Gasteiger partial charge in [0, 0.05) is 12.1 Å². The number of para-hydroxylation sites is 2. The number of hydrogen-bond acceptors (Lipinski definition) is 6. The first-order valence-electron chi connectivity index (χ1n) is 7.44. The van der Waals surface area contributed by atoms with Crippen LogP contribution in [0.5, 0.6) is 5.75 Å². The van der Waals surface area contributed by atoms with E-state index in [1.807, 2.05) is 0 Å². The lowest BCUT2D eigenvalue weighted by molar-refractivity contribution is -0.385. The van der Waals surface area contributed by atoms with Crippen LogP contribution in [0.3, 0.4) is 0 Å². The molecule has 0 fully saturated rings. The standard InChI is InChI=1S/C16H15ClN2O6S/c1-2-25-15-9-4-3-8-14(15)18(11-16(17)20)26(23,24)13-7-5-6-12(10-13)19(21)22/h3-10H,2,11H2,1H3. The number of ether oxygens (including phenoxy) is 1. The number of benzene rings is 2. The smallest absolute Gasteiger partial charge is 0.270 e. The molecule has 0 radical (unpaired) electrons. The van der Waals surface area contributed by atoms with Gasteiger partial charge in [-0.2, -0.15) is 0 Å². The molecule has 0 aliphatic carbocycles. The van der Waals surface area contributed by atoms with Gasteiger partial charge >= 0.3 is 0 Å². The van der Waals surface area contributed by atoms with Crippen molar-refractivity contribution >= 4 is 38.2 Å². The van der Waals surface area contributed by atoms with E-state index in [2.05, 4.69) is 0 Å². The van der Waals surface area contributed by atoms with Crippen LogP contribution in [-0.4, -0.2) is 31.7 Å². The Bertz CT molecular complexity index is 932. The van der Waals surface area contributed by atoms with Gasteiger partial charge in [0.1, 0.15) is 12.3 Å². The minimum Gasteiger partial charge on any atom is -0.492 e. The first-order valence-corrected chi connectivity index (χ1v) is 9.26. The number of halogens is 1. The van der Waals surface area contributed by atoms with Crippen molar-refractivity contribution in [1.82, 2.24) is 0 Å². The van der Waals surface area contributed by atoms with Crippen LogP contribution in [0.1, 0.15) is 6.92 Å². The fourth-order valence-electron chi connectivity index (χ4n) is 2.24. The lowest BCUT2D eigenvalue weighted by atomic mass is 10.3. The number of carbonyl (C=O) groups excluding carboxylic acids is 1. The third-order valence-electron chi connectivity index (χ3n) is 3.32. The van der Waals surface area contributed by atoms with Gasteiger partial charge in [-0.3, -0.25) is 19.2 Å². The summed E-state index contributed by atoms with van der Waals surface area (Å²) in [7, 11) is -4.30. The number of anilines is 1. The van der Waals surface area contributed by atoms with Crippen molar-refractivity contribution in [3.8, 4) is 5.75 Å². The molecule has 138 valence electrons. The van der Waals surface area contributed by atoms with Crippen LogP contribution in [0, 0.1) is 10.1 Å². The molecule has 8 nitrogen and oxygen atoms in total. The van der Waals surface area contributed by atoms with E-state index in [4.69, 9.17) is 16.3 Å². The first kappa shape index (κ1) is 19.7. The summed E-state index contributed by atoms with van der Waals surface area (Å²) in [6.07, 6.45) is 0. The summed E-state index contributed by atoms with van der Waals surface area (Å²) in [5.41, 5.74) is -0.281. The summed E-state index contributed by atoms with van der Waals surface area (Å²) in [6.45, 7) is 1.34. The Hall–Kier alpha value is -2.65. The number of hydrogen-bond donors (Lipinski definition) is 0. The summed E-state index contributed by atoms with van der Waals surface area (Å²) in [4.78, 5) is 21.4. The number of carbonyl (C=O) groups is 1. The van der Waals surface area contributed by atoms with E-state index in [-0.39, 0.29) is 28.6 Å². The van der Waals surface area contributed by atoms with E-state index in [9.17, 15) is 23.3 Å². The molecule has 0 unspecified atom stereocenters. The van der Waals surface area contributed by atoms with E-state index in [1.54, 1.807) is 25.1 Å². The van der Waals surface area contributed by atoms with Gasteiger partial charge in [-0.05, 0) is 36.7 Å². The average molecular weight is 399 g/mol. The molecule has 26 heavy (non-hydrogen) atoms. The van der Waals surface area contributed by atoms with Crippen molar-refractivity contribution in [2.24, 2.45) is 0 Å². The lowest BCUT2D eigenvalue weighted by Crippen LogP contribution is -2.34. The van der Waals surface area contributed by atoms with Crippen molar-refractivity contribution in [3.05, 3.63) is 58.6 Å². The molecule has 0 N–H and O–H groups in total. The Labute approximate surface area is 155 Å². The maximum atomic E-state index is 13.0. The first-order chi connectivity index (χ1) is 12.3. The quantitative estimate of drug-likeness (QED) is 0.384. The molecule has 0 amide bonds. The van der Waals surface area contributed by atoms with Gasteiger partial charge in [0.15, 0.2) is 0 Å². The van der Waals surface area contributed by atoms with E-state index in [0.717, 1.165) is 10.4 Å². The van der Waals surface area contributed by atoms with Crippen LogP contribution in [0.15, 0.2) is 53.4 Å². The van der Waals surface area contributed by atoms with Crippen LogP contribution in [0.25, 0.3) is 0 Å². The summed E-state index contributed by atoms with van der Waals surface area (Å²) in [5.74, 6) is 0.238. The van der Waals surface area contributed by atoms with Crippen molar-refractivity contribution < 1.29 is 22.9 Å². The third-order valence-corrected chi connectivity index (χ3v) is 5.19. The van der Waals surface area contributed by atoms with Crippen LogP contribution < -0.4 is 9.04 Å². The van der Waals surface area contributed by atoms with Crippen molar-refractivity contribution in [2.75, 3.05) is 17.5 Å². The van der Waals surface area contributed by atoms with Crippen LogP contribution in [-0.2, 0) is 14.8 Å².